The predicted molar refractivity (Wildman–Crippen MR) is 80.8 cm³/mol. The highest BCUT2D eigenvalue weighted by Crippen LogP contribution is 2.18. The lowest BCUT2D eigenvalue weighted by molar-refractivity contribution is -0.162. The molecule has 0 amide bonds. The Morgan fingerprint density at radius 2 is 1.86 bits per heavy atom. The van der Waals surface area contributed by atoms with Gasteiger partial charge in [-0.3, -0.25) is 4.79 Å². The second-order valence-corrected chi connectivity index (χ2v) is 6.26. The van der Waals surface area contributed by atoms with Crippen molar-refractivity contribution in [3.63, 3.8) is 0 Å². The third kappa shape index (κ3) is 8.38. The largest absolute Gasteiger partial charge is 0.480 e. The van der Waals surface area contributed by atoms with E-state index < -0.39 is 18.6 Å². The molecule has 2 atom stereocenters. The maximum absolute atomic E-state index is 11.4. The number of hydrogen-bond acceptors (Lipinski definition) is 6. The molecule has 1 unspecified atom stereocenters. The zero-order chi connectivity index (χ0) is 16.6. The van der Waals surface area contributed by atoms with Gasteiger partial charge in [0.15, 0.2) is 0 Å². The topological polar surface area (TPSA) is 127 Å². The Hall–Kier alpha value is -0.665. The van der Waals surface area contributed by atoms with Crippen LogP contribution in [0.1, 0.15) is 46.5 Å². The van der Waals surface area contributed by atoms with E-state index in [1.807, 2.05) is 20.8 Å². The van der Waals surface area contributed by atoms with Crippen molar-refractivity contribution < 1.29 is 25.2 Å². The van der Waals surface area contributed by atoms with Crippen molar-refractivity contribution in [2.45, 2.75) is 64.4 Å². The van der Waals surface area contributed by atoms with Gasteiger partial charge in [0, 0.05) is 6.04 Å². The van der Waals surface area contributed by atoms with Crippen LogP contribution >= 0.6 is 0 Å². The fourth-order valence-corrected chi connectivity index (χ4v) is 2.27. The van der Waals surface area contributed by atoms with Crippen molar-refractivity contribution >= 4 is 13.1 Å². The Kier molecular flexibility index (Phi) is 9.08. The summed E-state index contributed by atoms with van der Waals surface area (Å²) < 4.78 is 0. The van der Waals surface area contributed by atoms with Crippen LogP contribution in [0.3, 0.4) is 0 Å². The summed E-state index contributed by atoms with van der Waals surface area (Å²) in [6, 6.07) is -0.175. The molecule has 124 valence electrons. The third-order valence-corrected chi connectivity index (χ3v) is 3.53. The van der Waals surface area contributed by atoms with Crippen LogP contribution in [0.15, 0.2) is 0 Å². The molecule has 0 saturated carbocycles. The number of carbonyl (C=O) groups is 1. The van der Waals surface area contributed by atoms with Crippen molar-refractivity contribution in [2.24, 2.45) is 11.7 Å². The minimum absolute atomic E-state index is 0.155. The molecule has 0 aliphatic carbocycles. The van der Waals surface area contributed by atoms with Gasteiger partial charge in [-0.1, -0.05) is 26.7 Å². The Morgan fingerprint density at radius 1 is 1.29 bits per heavy atom. The Labute approximate surface area is 126 Å². The summed E-state index contributed by atoms with van der Waals surface area (Å²) in [4.78, 5) is 11.4. The summed E-state index contributed by atoms with van der Waals surface area (Å²) in [5, 5.41) is 37.8. The molecule has 21 heavy (non-hydrogen) atoms. The molecule has 6 N–H and O–H groups in total. The molecule has 0 aliphatic rings. The Bertz CT molecular complexity index is 317. The molecule has 0 saturated heterocycles. The fraction of sp³-hybridized carbons (Fsp3) is 0.923. The first-order chi connectivity index (χ1) is 9.58. The van der Waals surface area contributed by atoms with Gasteiger partial charge in [-0.25, -0.2) is 0 Å². The molecule has 0 aromatic heterocycles. The predicted octanol–water partition coefficient (Wildman–Crippen LogP) is 0.537. The standard InChI is InChI=1S/C13H29BN2O5/c1-10(2)8-11(3)16(21)9-13(15,12(17)18)6-4-5-7-14(19)20/h10-11,19-21H,4-9,15H2,1-3H3,(H,17,18)/t11-,13?/m0/s1. The maximum Gasteiger partial charge on any atom is 0.451 e. The molecule has 8 heteroatoms. The second kappa shape index (κ2) is 9.37. The van der Waals surface area contributed by atoms with Crippen LogP contribution in [0.2, 0.25) is 6.32 Å². The molecule has 0 aromatic carbocycles. The number of aliphatic carboxylic acids is 1. The number of carboxylic acid groups (broad SMARTS) is 1. The van der Waals surface area contributed by atoms with E-state index in [1.54, 1.807) is 0 Å². The molecule has 0 aromatic rings. The Morgan fingerprint density at radius 3 is 2.29 bits per heavy atom. The van der Waals surface area contributed by atoms with E-state index in [0.717, 1.165) is 11.5 Å². The number of nitrogens with zero attached hydrogens (tertiary/aromatic N) is 1. The minimum atomic E-state index is -1.54. The van der Waals surface area contributed by atoms with E-state index in [4.69, 9.17) is 15.8 Å². The van der Waals surface area contributed by atoms with Crippen LogP contribution in [0.4, 0.5) is 0 Å². The highest BCUT2D eigenvalue weighted by molar-refractivity contribution is 6.40. The summed E-state index contributed by atoms with van der Waals surface area (Å²) >= 11 is 0. The van der Waals surface area contributed by atoms with Crippen LogP contribution in [-0.2, 0) is 4.79 Å². The SMILES string of the molecule is CC(C)C[C@H](C)N(O)CC(N)(CCCCB(O)O)C(=O)O. The highest BCUT2D eigenvalue weighted by Gasteiger charge is 2.36. The molecule has 0 aliphatic heterocycles. The summed E-state index contributed by atoms with van der Waals surface area (Å²) in [5.41, 5.74) is 4.36. The minimum Gasteiger partial charge on any atom is -0.480 e. The zero-order valence-corrected chi connectivity index (χ0v) is 13.2. The lowest BCUT2D eigenvalue weighted by Gasteiger charge is -2.32. The van der Waals surface area contributed by atoms with Gasteiger partial charge in [-0.05, 0) is 32.0 Å². The van der Waals surface area contributed by atoms with Gasteiger partial charge in [0.05, 0.1) is 6.54 Å². The number of nitrogens with two attached hydrogens (primary N) is 1. The van der Waals surface area contributed by atoms with E-state index in [-0.39, 0.29) is 25.3 Å². The monoisotopic (exact) mass is 304 g/mol. The van der Waals surface area contributed by atoms with Gasteiger partial charge in [0.1, 0.15) is 5.54 Å². The van der Waals surface area contributed by atoms with Crippen molar-refractivity contribution in [3.8, 4) is 0 Å². The van der Waals surface area contributed by atoms with Crippen molar-refractivity contribution in [1.29, 1.82) is 0 Å². The van der Waals surface area contributed by atoms with Crippen LogP contribution < -0.4 is 5.73 Å². The average Bonchev–Trinajstić information content (AvgIpc) is 2.33. The number of hydrogen-bond donors (Lipinski definition) is 5. The molecule has 0 bridgehead atoms. The van der Waals surface area contributed by atoms with Gasteiger partial charge >= 0.3 is 13.1 Å². The first kappa shape index (κ1) is 20.3. The molecule has 0 fully saturated rings. The van der Waals surface area contributed by atoms with Gasteiger partial charge in [0.25, 0.3) is 0 Å². The fourth-order valence-electron chi connectivity index (χ4n) is 2.27. The number of rotatable bonds is 11. The zero-order valence-electron chi connectivity index (χ0n) is 13.2. The van der Waals surface area contributed by atoms with Crippen molar-refractivity contribution in [2.75, 3.05) is 6.54 Å². The molecular weight excluding hydrogens is 275 g/mol. The normalized spacial score (nSPS) is 16.0. The molecule has 0 rings (SSSR count). The third-order valence-electron chi connectivity index (χ3n) is 3.53. The molecular formula is C13H29BN2O5. The maximum atomic E-state index is 11.4. The van der Waals surface area contributed by atoms with E-state index in [9.17, 15) is 15.1 Å². The smallest absolute Gasteiger partial charge is 0.451 e. The van der Waals surface area contributed by atoms with Gasteiger partial charge in [-0.15, -0.1) is 0 Å². The average molecular weight is 304 g/mol. The van der Waals surface area contributed by atoms with Crippen LogP contribution in [0, 0.1) is 5.92 Å². The number of carboxylic acids is 1. The summed E-state index contributed by atoms with van der Waals surface area (Å²) in [7, 11) is -1.39. The lowest BCUT2D eigenvalue weighted by atomic mass is 9.82. The molecule has 0 spiro atoms. The number of hydroxylamine groups is 2. The first-order valence-corrected chi connectivity index (χ1v) is 7.42. The molecule has 0 radical (unpaired) electrons. The van der Waals surface area contributed by atoms with Gasteiger partial charge in [0.2, 0.25) is 0 Å². The Balaban J connectivity index is 4.47. The number of unbranched alkanes of at least 4 members (excludes halogenated alkanes) is 1. The molecule has 7 nitrogen and oxygen atoms in total. The summed E-state index contributed by atoms with van der Waals surface area (Å²) in [5.74, 6) is -0.777. The first-order valence-electron chi connectivity index (χ1n) is 7.42. The van der Waals surface area contributed by atoms with Crippen molar-refractivity contribution in [1.82, 2.24) is 5.06 Å². The van der Waals surface area contributed by atoms with E-state index in [0.29, 0.717) is 18.8 Å². The summed E-state index contributed by atoms with van der Waals surface area (Å²) in [6.07, 6.45) is 2.01. The highest BCUT2D eigenvalue weighted by atomic mass is 16.5. The quantitative estimate of drug-likeness (QED) is 0.214. The lowest BCUT2D eigenvalue weighted by Crippen LogP contribution is -2.57. The second-order valence-electron chi connectivity index (χ2n) is 6.26. The van der Waals surface area contributed by atoms with E-state index in [2.05, 4.69) is 0 Å². The van der Waals surface area contributed by atoms with Crippen molar-refractivity contribution in [3.05, 3.63) is 0 Å². The summed E-state index contributed by atoms with van der Waals surface area (Å²) in [6.45, 7) is 5.72. The van der Waals surface area contributed by atoms with E-state index in [1.165, 1.54) is 0 Å². The van der Waals surface area contributed by atoms with Gasteiger partial charge in [-0.2, -0.15) is 5.06 Å². The van der Waals surface area contributed by atoms with Crippen LogP contribution in [0.5, 0.6) is 0 Å². The molecule has 0 heterocycles. The van der Waals surface area contributed by atoms with E-state index >= 15 is 0 Å². The van der Waals surface area contributed by atoms with Crippen LogP contribution in [-0.4, -0.2) is 56.6 Å². The van der Waals surface area contributed by atoms with Crippen LogP contribution in [0.25, 0.3) is 0 Å². The van der Waals surface area contributed by atoms with Gasteiger partial charge < -0.3 is 26.1 Å².